The molecule has 0 saturated carbocycles. The first-order chi connectivity index (χ1) is 8.56. The quantitative estimate of drug-likeness (QED) is 0.517. The first kappa shape index (κ1) is 13.0. The van der Waals surface area contributed by atoms with Gasteiger partial charge in [0.2, 0.25) is 0 Å². The maximum atomic E-state index is 10.7. The number of nitro groups is 1. The topological polar surface area (TPSA) is 77.3 Å². The van der Waals surface area contributed by atoms with E-state index in [0.717, 1.165) is 19.4 Å². The van der Waals surface area contributed by atoms with Gasteiger partial charge in [-0.2, -0.15) is 0 Å². The van der Waals surface area contributed by atoms with Crippen LogP contribution in [0.4, 0.5) is 11.5 Å². The van der Waals surface area contributed by atoms with Gasteiger partial charge in [0, 0.05) is 6.61 Å². The van der Waals surface area contributed by atoms with Crippen LogP contribution in [0, 0.1) is 10.1 Å². The number of nitrogens with one attached hydrogen (secondary N) is 1. The van der Waals surface area contributed by atoms with Gasteiger partial charge in [-0.05, 0) is 19.8 Å². The van der Waals surface area contributed by atoms with Gasteiger partial charge >= 0.3 is 0 Å². The molecule has 0 radical (unpaired) electrons. The highest BCUT2D eigenvalue weighted by atomic mass is 35.5. The van der Waals surface area contributed by atoms with Gasteiger partial charge in [-0.25, -0.2) is 4.98 Å². The lowest BCUT2D eigenvalue weighted by Gasteiger charge is -2.20. The molecule has 98 valence electrons. The van der Waals surface area contributed by atoms with Crippen LogP contribution in [-0.4, -0.2) is 28.7 Å². The van der Waals surface area contributed by atoms with E-state index in [-0.39, 0.29) is 23.0 Å². The highest BCUT2D eigenvalue weighted by Crippen LogP contribution is 2.23. The van der Waals surface area contributed by atoms with Crippen LogP contribution in [0.25, 0.3) is 0 Å². The Hall–Kier alpha value is -1.40. The molecule has 6 nitrogen and oxygen atoms in total. The van der Waals surface area contributed by atoms with E-state index in [2.05, 4.69) is 10.3 Å². The standard InChI is InChI=1S/C11H14ClN3O3/c1-7(9-3-2-4-18-9)13-11-6-8(15(16)17)5-10(12)14-11/h5-7,9H,2-4H2,1H3,(H,13,14). The summed E-state index contributed by atoms with van der Waals surface area (Å²) in [6.45, 7) is 2.73. The first-order valence-corrected chi connectivity index (χ1v) is 6.14. The molecule has 18 heavy (non-hydrogen) atoms. The second-order valence-corrected chi connectivity index (χ2v) is 4.66. The Morgan fingerprint density at radius 3 is 3.06 bits per heavy atom. The normalized spacial score (nSPS) is 20.7. The predicted octanol–water partition coefficient (Wildman–Crippen LogP) is 2.62. The number of nitrogens with zero attached hydrogens (tertiary/aromatic N) is 2. The van der Waals surface area contributed by atoms with Crippen LogP contribution in [0.3, 0.4) is 0 Å². The zero-order valence-corrected chi connectivity index (χ0v) is 10.7. The van der Waals surface area contributed by atoms with E-state index >= 15 is 0 Å². The molecule has 1 saturated heterocycles. The summed E-state index contributed by atoms with van der Waals surface area (Å²) in [5.74, 6) is 0.400. The Morgan fingerprint density at radius 1 is 1.67 bits per heavy atom. The molecule has 2 atom stereocenters. The molecule has 1 aliphatic heterocycles. The van der Waals surface area contributed by atoms with Gasteiger partial charge in [-0.1, -0.05) is 11.6 Å². The van der Waals surface area contributed by atoms with Crippen LogP contribution in [0.15, 0.2) is 12.1 Å². The first-order valence-electron chi connectivity index (χ1n) is 5.76. The fraction of sp³-hybridized carbons (Fsp3) is 0.545. The summed E-state index contributed by atoms with van der Waals surface area (Å²) in [4.78, 5) is 14.2. The van der Waals surface area contributed by atoms with Crippen LogP contribution >= 0.6 is 11.6 Å². The van der Waals surface area contributed by atoms with Gasteiger partial charge in [-0.3, -0.25) is 10.1 Å². The molecule has 2 heterocycles. The Labute approximate surface area is 109 Å². The molecule has 1 aliphatic rings. The van der Waals surface area contributed by atoms with Crippen molar-refractivity contribution in [1.82, 2.24) is 4.98 Å². The van der Waals surface area contributed by atoms with Crippen LogP contribution in [0.1, 0.15) is 19.8 Å². The average Bonchev–Trinajstić information content (AvgIpc) is 2.81. The summed E-state index contributed by atoms with van der Waals surface area (Å²) in [5, 5.41) is 13.9. The van der Waals surface area contributed by atoms with E-state index < -0.39 is 4.92 Å². The van der Waals surface area contributed by atoms with Crippen molar-refractivity contribution in [2.75, 3.05) is 11.9 Å². The SMILES string of the molecule is CC(Nc1cc([N+](=O)[O-])cc(Cl)n1)C1CCCO1. The van der Waals surface area contributed by atoms with E-state index in [1.165, 1.54) is 12.1 Å². The summed E-state index contributed by atoms with van der Waals surface area (Å²) in [5.41, 5.74) is -0.0722. The Balaban J connectivity index is 2.10. The molecule has 1 aromatic rings. The van der Waals surface area contributed by atoms with Crippen LogP contribution in [0.5, 0.6) is 0 Å². The lowest BCUT2D eigenvalue weighted by molar-refractivity contribution is -0.384. The van der Waals surface area contributed by atoms with Gasteiger partial charge in [0.25, 0.3) is 5.69 Å². The third-order valence-corrected chi connectivity index (χ3v) is 3.08. The predicted molar refractivity (Wildman–Crippen MR) is 68.0 cm³/mol. The minimum absolute atomic E-state index is 0.0399. The largest absolute Gasteiger partial charge is 0.376 e. The van der Waals surface area contributed by atoms with Crippen LogP contribution < -0.4 is 5.32 Å². The Kier molecular flexibility index (Phi) is 3.98. The van der Waals surface area contributed by atoms with Crippen molar-refractivity contribution in [1.29, 1.82) is 0 Å². The number of hydrogen-bond acceptors (Lipinski definition) is 5. The molecule has 0 bridgehead atoms. The lowest BCUT2D eigenvalue weighted by Crippen LogP contribution is -2.30. The molecule has 0 aliphatic carbocycles. The lowest BCUT2D eigenvalue weighted by atomic mass is 10.1. The van der Waals surface area contributed by atoms with Gasteiger partial charge in [0.05, 0.1) is 29.2 Å². The molecular formula is C11H14ClN3O3. The van der Waals surface area contributed by atoms with Crippen molar-refractivity contribution < 1.29 is 9.66 Å². The van der Waals surface area contributed by atoms with Crippen molar-refractivity contribution in [3.8, 4) is 0 Å². The fourth-order valence-corrected chi connectivity index (χ4v) is 2.19. The van der Waals surface area contributed by atoms with Gasteiger partial charge in [0.1, 0.15) is 11.0 Å². The van der Waals surface area contributed by atoms with Crippen molar-refractivity contribution in [2.45, 2.75) is 31.9 Å². The van der Waals surface area contributed by atoms with E-state index in [4.69, 9.17) is 16.3 Å². The zero-order chi connectivity index (χ0) is 13.1. The maximum absolute atomic E-state index is 10.7. The minimum atomic E-state index is -0.491. The molecule has 1 fully saturated rings. The molecule has 7 heteroatoms. The summed E-state index contributed by atoms with van der Waals surface area (Å²) in [7, 11) is 0. The van der Waals surface area contributed by atoms with E-state index in [1.807, 2.05) is 6.92 Å². The summed E-state index contributed by atoms with van der Waals surface area (Å²) < 4.78 is 5.54. The number of pyridine rings is 1. The highest BCUT2D eigenvalue weighted by molar-refractivity contribution is 6.29. The van der Waals surface area contributed by atoms with Crippen molar-refractivity contribution in [3.05, 3.63) is 27.4 Å². The van der Waals surface area contributed by atoms with Crippen LogP contribution in [0.2, 0.25) is 5.15 Å². The van der Waals surface area contributed by atoms with Crippen molar-refractivity contribution in [3.63, 3.8) is 0 Å². The minimum Gasteiger partial charge on any atom is -0.376 e. The summed E-state index contributed by atoms with van der Waals surface area (Å²) >= 11 is 5.75. The molecule has 2 rings (SSSR count). The van der Waals surface area contributed by atoms with Gasteiger partial charge in [0.15, 0.2) is 0 Å². The molecule has 1 aromatic heterocycles. The van der Waals surface area contributed by atoms with Gasteiger partial charge in [-0.15, -0.1) is 0 Å². The molecule has 0 amide bonds. The molecule has 1 N–H and O–H groups in total. The smallest absolute Gasteiger partial charge is 0.276 e. The Bertz CT molecular complexity index is 449. The van der Waals surface area contributed by atoms with E-state index in [0.29, 0.717) is 5.82 Å². The molecule has 2 unspecified atom stereocenters. The number of hydrogen-bond donors (Lipinski definition) is 1. The zero-order valence-electron chi connectivity index (χ0n) is 9.93. The van der Waals surface area contributed by atoms with Crippen molar-refractivity contribution >= 4 is 23.1 Å². The third-order valence-electron chi connectivity index (χ3n) is 2.89. The van der Waals surface area contributed by atoms with E-state index in [1.54, 1.807) is 0 Å². The molecule has 0 spiro atoms. The number of ether oxygens (including phenoxy) is 1. The maximum Gasteiger partial charge on any atom is 0.276 e. The second kappa shape index (κ2) is 5.49. The monoisotopic (exact) mass is 271 g/mol. The fourth-order valence-electron chi connectivity index (χ4n) is 1.99. The Morgan fingerprint density at radius 2 is 2.44 bits per heavy atom. The van der Waals surface area contributed by atoms with E-state index in [9.17, 15) is 10.1 Å². The number of anilines is 1. The highest BCUT2D eigenvalue weighted by Gasteiger charge is 2.23. The number of rotatable bonds is 4. The molecule has 0 aromatic carbocycles. The average molecular weight is 272 g/mol. The second-order valence-electron chi connectivity index (χ2n) is 4.27. The number of aromatic nitrogens is 1. The van der Waals surface area contributed by atoms with Crippen LogP contribution in [-0.2, 0) is 4.74 Å². The summed E-state index contributed by atoms with van der Waals surface area (Å²) in [6.07, 6.45) is 2.14. The molecular weight excluding hydrogens is 258 g/mol. The number of halogens is 1. The van der Waals surface area contributed by atoms with Gasteiger partial charge < -0.3 is 10.1 Å². The summed E-state index contributed by atoms with van der Waals surface area (Å²) in [6, 6.07) is 2.64. The van der Waals surface area contributed by atoms with Crippen molar-refractivity contribution in [2.24, 2.45) is 0 Å². The third kappa shape index (κ3) is 3.08.